The van der Waals surface area contributed by atoms with Gasteiger partial charge in [0.05, 0.1) is 0 Å². The van der Waals surface area contributed by atoms with E-state index in [1.165, 1.54) is 19.3 Å². The van der Waals surface area contributed by atoms with Crippen LogP contribution in [-0.4, -0.2) is 31.6 Å². The summed E-state index contributed by atoms with van der Waals surface area (Å²) in [7, 11) is 1.97. The van der Waals surface area contributed by atoms with Crippen molar-refractivity contribution < 1.29 is 4.79 Å². The summed E-state index contributed by atoms with van der Waals surface area (Å²) in [5.74, 6) is 0.157. The van der Waals surface area contributed by atoms with E-state index in [0.717, 1.165) is 19.3 Å². The van der Waals surface area contributed by atoms with E-state index in [9.17, 15) is 4.79 Å². The number of amides is 1. The highest BCUT2D eigenvalue weighted by atomic mass is 16.1. The highest BCUT2D eigenvalue weighted by Crippen LogP contribution is 2.30. The summed E-state index contributed by atoms with van der Waals surface area (Å²) in [6.07, 6.45) is 7.47. The third-order valence-corrected chi connectivity index (χ3v) is 3.54. The number of nitrogens with two attached hydrogens (primary N) is 1. The van der Waals surface area contributed by atoms with Crippen molar-refractivity contribution in [3.8, 4) is 0 Å². The molecule has 0 spiro atoms. The number of nitrogens with one attached hydrogen (secondary N) is 2. The average Bonchev–Trinajstić information content (AvgIpc) is 2.30. The molecule has 0 aromatic rings. The first-order valence-electron chi connectivity index (χ1n) is 6.38. The zero-order valence-electron chi connectivity index (χ0n) is 10.3. The van der Waals surface area contributed by atoms with E-state index in [0.29, 0.717) is 19.5 Å². The van der Waals surface area contributed by atoms with Crippen LogP contribution in [0.15, 0.2) is 0 Å². The molecule has 1 aliphatic rings. The van der Waals surface area contributed by atoms with Gasteiger partial charge in [-0.1, -0.05) is 19.3 Å². The van der Waals surface area contributed by atoms with Crippen LogP contribution in [0.2, 0.25) is 0 Å². The Hall–Kier alpha value is -0.610. The maximum atomic E-state index is 11.8. The topological polar surface area (TPSA) is 67.2 Å². The van der Waals surface area contributed by atoms with Crippen LogP contribution in [0.1, 0.15) is 44.9 Å². The second-order valence-corrected chi connectivity index (χ2v) is 4.76. The van der Waals surface area contributed by atoms with Crippen molar-refractivity contribution in [1.29, 1.82) is 0 Å². The van der Waals surface area contributed by atoms with Crippen LogP contribution in [0.5, 0.6) is 0 Å². The van der Waals surface area contributed by atoms with E-state index in [-0.39, 0.29) is 11.4 Å². The van der Waals surface area contributed by atoms with Gasteiger partial charge in [0.1, 0.15) is 0 Å². The zero-order valence-corrected chi connectivity index (χ0v) is 10.3. The van der Waals surface area contributed by atoms with Gasteiger partial charge >= 0.3 is 0 Å². The van der Waals surface area contributed by atoms with Gasteiger partial charge in [-0.3, -0.25) is 4.79 Å². The molecular weight excluding hydrogens is 202 g/mol. The number of hydrogen-bond acceptors (Lipinski definition) is 3. The molecule has 94 valence electrons. The first-order valence-corrected chi connectivity index (χ1v) is 6.38. The van der Waals surface area contributed by atoms with Crippen LogP contribution in [0.3, 0.4) is 0 Å². The van der Waals surface area contributed by atoms with Crippen molar-refractivity contribution >= 4 is 5.91 Å². The second kappa shape index (κ2) is 6.86. The lowest BCUT2D eigenvalue weighted by Crippen LogP contribution is -2.48. The van der Waals surface area contributed by atoms with Gasteiger partial charge in [-0.2, -0.15) is 0 Å². The summed E-state index contributed by atoms with van der Waals surface area (Å²) in [5, 5.41) is 6.28. The number of rotatable bonds is 6. The highest BCUT2D eigenvalue weighted by Gasteiger charge is 2.32. The van der Waals surface area contributed by atoms with Crippen LogP contribution in [-0.2, 0) is 4.79 Å². The van der Waals surface area contributed by atoms with E-state index < -0.39 is 0 Å². The first kappa shape index (κ1) is 13.5. The van der Waals surface area contributed by atoms with Gasteiger partial charge in [-0.15, -0.1) is 0 Å². The molecule has 1 amide bonds. The minimum absolute atomic E-state index is 0.0467. The van der Waals surface area contributed by atoms with Crippen molar-refractivity contribution in [1.82, 2.24) is 10.6 Å². The van der Waals surface area contributed by atoms with Crippen LogP contribution < -0.4 is 16.4 Å². The lowest BCUT2D eigenvalue weighted by Gasteiger charge is -2.36. The maximum Gasteiger partial charge on any atom is 0.221 e. The third kappa shape index (κ3) is 4.10. The Bertz CT molecular complexity index is 212. The average molecular weight is 227 g/mol. The molecule has 4 heteroatoms. The normalized spacial score (nSPS) is 19.4. The smallest absolute Gasteiger partial charge is 0.221 e. The van der Waals surface area contributed by atoms with Crippen molar-refractivity contribution in [3.63, 3.8) is 0 Å². The van der Waals surface area contributed by atoms with Crippen LogP contribution >= 0.6 is 0 Å². The summed E-state index contributed by atoms with van der Waals surface area (Å²) in [6, 6.07) is 0. The highest BCUT2D eigenvalue weighted by molar-refractivity contribution is 5.77. The Kier molecular flexibility index (Phi) is 5.77. The van der Waals surface area contributed by atoms with E-state index >= 15 is 0 Å². The summed E-state index contributed by atoms with van der Waals surface area (Å²) in [6.45, 7) is 1.34. The molecular formula is C12H25N3O. The van der Waals surface area contributed by atoms with Crippen molar-refractivity contribution in [3.05, 3.63) is 0 Å². The molecule has 0 radical (unpaired) electrons. The first-order chi connectivity index (χ1) is 7.72. The molecule has 0 atom stereocenters. The molecule has 0 saturated heterocycles. The van der Waals surface area contributed by atoms with Gasteiger partial charge in [0.15, 0.2) is 0 Å². The van der Waals surface area contributed by atoms with Crippen molar-refractivity contribution in [2.45, 2.75) is 50.5 Å². The standard InChI is InChI=1S/C12H25N3O/c1-14-12(6-3-2-4-7-12)10-11(16)15-9-5-8-13/h14H,2-10,13H2,1H3,(H,15,16). The Balaban J connectivity index is 2.33. The fourth-order valence-electron chi connectivity index (χ4n) is 2.44. The molecule has 4 nitrogen and oxygen atoms in total. The molecule has 1 saturated carbocycles. The molecule has 4 N–H and O–H groups in total. The molecule has 0 aliphatic heterocycles. The SMILES string of the molecule is CNC1(CC(=O)NCCCN)CCCCC1. The summed E-state index contributed by atoms with van der Waals surface area (Å²) >= 11 is 0. The van der Waals surface area contributed by atoms with E-state index in [2.05, 4.69) is 10.6 Å². The summed E-state index contributed by atoms with van der Waals surface area (Å²) in [5.41, 5.74) is 5.43. The van der Waals surface area contributed by atoms with Crippen molar-refractivity contribution in [2.75, 3.05) is 20.1 Å². The Morgan fingerprint density at radius 1 is 1.31 bits per heavy atom. The third-order valence-electron chi connectivity index (χ3n) is 3.54. The van der Waals surface area contributed by atoms with Gasteiger partial charge in [-0.05, 0) is 32.9 Å². The maximum absolute atomic E-state index is 11.8. The van der Waals surface area contributed by atoms with Gasteiger partial charge in [0.2, 0.25) is 5.91 Å². The molecule has 0 aromatic heterocycles. The zero-order chi connectivity index (χ0) is 11.9. The van der Waals surface area contributed by atoms with Gasteiger partial charge in [-0.25, -0.2) is 0 Å². The molecule has 1 fully saturated rings. The second-order valence-electron chi connectivity index (χ2n) is 4.76. The monoisotopic (exact) mass is 227 g/mol. The van der Waals surface area contributed by atoms with Crippen molar-refractivity contribution in [2.24, 2.45) is 5.73 Å². The quantitative estimate of drug-likeness (QED) is 0.587. The van der Waals surface area contributed by atoms with Crippen LogP contribution in [0, 0.1) is 0 Å². The van der Waals surface area contributed by atoms with E-state index in [1.54, 1.807) is 0 Å². The molecule has 0 heterocycles. The lowest BCUT2D eigenvalue weighted by molar-refractivity contribution is -0.122. The predicted molar refractivity (Wildman–Crippen MR) is 66.2 cm³/mol. The predicted octanol–water partition coefficient (Wildman–Crippen LogP) is 0.764. The summed E-state index contributed by atoms with van der Waals surface area (Å²) < 4.78 is 0. The fourth-order valence-corrected chi connectivity index (χ4v) is 2.44. The van der Waals surface area contributed by atoms with Crippen LogP contribution in [0.4, 0.5) is 0 Å². The molecule has 0 aromatic carbocycles. The summed E-state index contributed by atoms with van der Waals surface area (Å²) in [4.78, 5) is 11.8. The molecule has 0 bridgehead atoms. The van der Waals surface area contributed by atoms with Gasteiger partial charge < -0.3 is 16.4 Å². The van der Waals surface area contributed by atoms with Crippen LogP contribution in [0.25, 0.3) is 0 Å². The van der Waals surface area contributed by atoms with E-state index in [1.807, 2.05) is 7.05 Å². The number of carbonyl (C=O) groups excluding carboxylic acids is 1. The number of hydrogen-bond donors (Lipinski definition) is 3. The Morgan fingerprint density at radius 2 is 2.00 bits per heavy atom. The Morgan fingerprint density at radius 3 is 2.56 bits per heavy atom. The van der Waals surface area contributed by atoms with E-state index in [4.69, 9.17) is 5.73 Å². The minimum Gasteiger partial charge on any atom is -0.356 e. The molecule has 1 aliphatic carbocycles. The van der Waals surface area contributed by atoms with Gasteiger partial charge in [0.25, 0.3) is 0 Å². The Labute approximate surface area is 98.3 Å². The molecule has 1 rings (SSSR count). The lowest BCUT2D eigenvalue weighted by atomic mass is 9.79. The molecule has 16 heavy (non-hydrogen) atoms. The number of carbonyl (C=O) groups is 1. The molecule has 0 unspecified atom stereocenters. The van der Waals surface area contributed by atoms with Gasteiger partial charge in [0, 0.05) is 18.5 Å². The fraction of sp³-hybridized carbons (Fsp3) is 0.917. The minimum atomic E-state index is 0.0467. The largest absolute Gasteiger partial charge is 0.356 e.